The number of hydrogen-bond donors (Lipinski definition) is 2. The SMILES string of the molecule is C[C@H](/C=C/CCn1cc(CCO)nn1)[C@@]1(O)C(=O)N(Cc2ccc(N(C=O)c3ccccc3)cc2)c2ccc(Br)cc21. The summed E-state index contributed by atoms with van der Waals surface area (Å²) in [5.74, 6) is -0.890. The number of carbonyl (C=O) groups excluding carboxylic acids is 2. The Kier molecular flexibility index (Phi) is 8.96. The van der Waals surface area contributed by atoms with Crippen molar-refractivity contribution in [2.75, 3.05) is 16.4 Å². The van der Waals surface area contributed by atoms with Gasteiger partial charge in [-0.1, -0.05) is 70.6 Å². The summed E-state index contributed by atoms with van der Waals surface area (Å²) in [7, 11) is 0. The largest absolute Gasteiger partial charge is 0.396 e. The predicted molar refractivity (Wildman–Crippen MR) is 164 cm³/mol. The van der Waals surface area contributed by atoms with Crippen molar-refractivity contribution in [1.29, 1.82) is 0 Å². The van der Waals surface area contributed by atoms with Crippen LogP contribution >= 0.6 is 15.9 Å². The van der Waals surface area contributed by atoms with Crippen LogP contribution in [0.25, 0.3) is 0 Å². The number of carbonyl (C=O) groups is 2. The molecule has 2 amide bonds. The molecule has 0 unspecified atom stereocenters. The van der Waals surface area contributed by atoms with Crippen LogP contribution in [0.4, 0.5) is 17.1 Å². The van der Waals surface area contributed by atoms with Gasteiger partial charge in [0.2, 0.25) is 6.41 Å². The Bertz CT molecular complexity index is 1570. The molecule has 10 heteroatoms. The van der Waals surface area contributed by atoms with E-state index in [2.05, 4.69) is 26.2 Å². The molecular weight excluding hydrogens is 598 g/mol. The van der Waals surface area contributed by atoms with Crippen LogP contribution in [0.1, 0.15) is 30.2 Å². The van der Waals surface area contributed by atoms with Gasteiger partial charge < -0.3 is 15.1 Å². The van der Waals surface area contributed by atoms with Crippen LogP contribution in [-0.2, 0) is 34.7 Å². The molecule has 0 bridgehead atoms. The first-order valence-corrected chi connectivity index (χ1v) is 14.5. The average Bonchev–Trinajstić information content (AvgIpc) is 3.54. The van der Waals surface area contributed by atoms with E-state index in [1.165, 1.54) is 0 Å². The van der Waals surface area contributed by atoms with Gasteiger partial charge in [0, 0.05) is 53.1 Å². The van der Waals surface area contributed by atoms with Gasteiger partial charge in [-0.3, -0.25) is 19.2 Å². The van der Waals surface area contributed by atoms with E-state index in [0.29, 0.717) is 36.3 Å². The van der Waals surface area contributed by atoms with Gasteiger partial charge in [0.15, 0.2) is 5.60 Å². The van der Waals surface area contributed by atoms with Gasteiger partial charge in [-0.2, -0.15) is 0 Å². The first-order valence-electron chi connectivity index (χ1n) is 13.7. The molecule has 0 aliphatic carbocycles. The third kappa shape index (κ3) is 5.92. The van der Waals surface area contributed by atoms with Gasteiger partial charge in [-0.15, -0.1) is 5.10 Å². The van der Waals surface area contributed by atoms with Crippen molar-refractivity contribution >= 4 is 45.3 Å². The molecule has 0 fully saturated rings. The molecule has 0 saturated heterocycles. The number of hydrogen-bond acceptors (Lipinski definition) is 6. The number of aliphatic hydroxyl groups is 2. The van der Waals surface area contributed by atoms with E-state index in [9.17, 15) is 14.7 Å². The zero-order valence-electron chi connectivity index (χ0n) is 23.2. The van der Waals surface area contributed by atoms with Crippen molar-refractivity contribution in [1.82, 2.24) is 15.0 Å². The maximum atomic E-state index is 13.9. The van der Waals surface area contributed by atoms with Crippen LogP contribution in [0.5, 0.6) is 0 Å². The summed E-state index contributed by atoms with van der Waals surface area (Å²) in [6.07, 6.45) is 7.48. The number of allylic oxidation sites excluding steroid dienone is 1. The van der Waals surface area contributed by atoms with Gasteiger partial charge in [-0.25, -0.2) is 0 Å². The number of aryl methyl sites for hydroxylation is 1. The van der Waals surface area contributed by atoms with Crippen molar-refractivity contribution in [3.8, 4) is 0 Å². The first kappa shape index (κ1) is 29.4. The van der Waals surface area contributed by atoms with Crippen molar-refractivity contribution in [3.63, 3.8) is 0 Å². The highest BCUT2D eigenvalue weighted by atomic mass is 79.9. The fourth-order valence-corrected chi connectivity index (χ4v) is 5.56. The van der Waals surface area contributed by atoms with E-state index in [1.807, 2.05) is 85.8 Å². The Labute approximate surface area is 252 Å². The second-order valence-corrected chi connectivity index (χ2v) is 11.2. The Morgan fingerprint density at radius 1 is 1.07 bits per heavy atom. The quantitative estimate of drug-likeness (QED) is 0.171. The fourth-order valence-electron chi connectivity index (χ4n) is 5.20. The Balaban J connectivity index is 1.32. The van der Waals surface area contributed by atoms with Gasteiger partial charge in [0.25, 0.3) is 5.91 Å². The maximum absolute atomic E-state index is 13.9. The molecular formula is C32H32BrN5O4. The summed E-state index contributed by atoms with van der Waals surface area (Å²) >= 11 is 3.50. The number of benzene rings is 3. The number of fused-ring (bicyclic) bond motifs is 1. The highest BCUT2D eigenvalue weighted by Gasteiger charge is 2.52. The Hall–Kier alpha value is -4.12. The number of anilines is 3. The second kappa shape index (κ2) is 12.8. The topological polar surface area (TPSA) is 112 Å². The van der Waals surface area contributed by atoms with Crippen LogP contribution in [0, 0.1) is 5.92 Å². The lowest BCUT2D eigenvalue weighted by molar-refractivity contribution is -0.139. The van der Waals surface area contributed by atoms with E-state index < -0.39 is 11.5 Å². The molecule has 2 atom stereocenters. The van der Waals surface area contributed by atoms with E-state index in [4.69, 9.17) is 5.11 Å². The minimum Gasteiger partial charge on any atom is -0.396 e. The number of aromatic nitrogens is 3. The minimum absolute atomic E-state index is 0.0235. The minimum atomic E-state index is -1.74. The third-order valence-electron chi connectivity index (χ3n) is 7.49. The zero-order chi connectivity index (χ0) is 29.7. The molecule has 0 saturated carbocycles. The highest BCUT2D eigenvalue weighted by molar-refractivity contribution is 9.10. The molecule has 1 aliphatic rings. The molecule has 42 heavy (non-hydrogen) atoms. The molecule has 0 radical (unpaired) electrons. The lowest BCUT2D eigenvalue weighted by Crippen LogP contribution is -2.44. The fraction of sp³-hybridized carbons (Fsp3) is 0.250. The molecule has 9 nitrogen and oxygen atoms in total. The van der Waals surface area contributed by atoms with Gasteiger partial charge in [0.05, 0.1) is 17.9 Å². The normalized spacial score (nSPS) is 17.0. The molecule has 4 aromatic rings. The lowest BCUT2D eigenvalue weighted by atomic mass is 9.83. The monoisotopic (exact) mass is 629 g/mol. The number of amides is 2. The van der Waals surface area contributed by atoms with Crippen LogP contribution in [0.2, 0.25) is 0 Å². The summed E-state index contributed by atoms with van der Waals surface area (Å²) in [5.41, 5.74) is 2.54. The summed E-state index contributed by atoms with van der Waals surface area (Å²) in [6, 6.07) is 22.3. The predicted octanol–water partition coefficient (Wildman–Crippen LogP) is 4.89. The standard InChI is InChI=1S/C32H32BrN5O4/c1-23(7-5-6-17-36-21-26(16-18-39)34-35-36)32(42)29-19-25(33)12-15-30(29)37(31(32)41)20-24-10-13-28(14-11-24)38(22-40)27-8-3-2-4-9-27/h2-5,7-15,19,21-23,39,42H,6,16-18,20H2,1H3/b7-5+/t23-,32+/m1/s1. The third-order valence-corrected chi connectivity index (χ3v) is 7.98. The Morgan fingerprint density at radius 2 is 1.81 bits per heavy atom. The van der Waals surface area contributed by atoms with Gasteiger partial charge in [-0.05, 0) is 54.4 Å². The van der Waals surface area contributed by atoms with Crippen LogP contribution < -0.4 is 9.80 Å². The van der Waals surface area contributed by atoms with Crippen molar-refractivity contribution < 1.29 is 19.8 Å². The molecule has 2 N–H and O–H groups in total. The zero-order valence-corrected chi connectivity index (χ0v) is 24.8. The lowest BCUT2D eigenvalue weighted by Gasteiger charge is -2.28. The smallest absolute Gasteiger partial charge is 0.264 e. The van der Waals surface area contributed by atoms with E-state index in [0.717, 1.165) is 27.8 Å². The Morgan fingerprint density at radius 3 is 2.52 bits per heavy atom. The summed E-state index contributed by atoms with van der Waals surface area (Å²) < 4.78 is 2.48. The molecule has 0 spiro atoms. The summed E-state index contributed by atoms with van der Waals surface area (Å²) in [4.78, 5) is 28.9. The van der Waals surface area contributed by atoms with E-state index in [1.54, 1.807) is 26.7 Å². The van der Waals surface area contributed by atoms with E-state index >= 15 is 0 Å². The van der Waals surface area contributed by atoms with Crippen LogP contribution in [0.3, 0.4) is 0 Å². The molecule has 216 valence electrons. The first-order chi connectivity index (χ1) is 20.3. The molecule has 5 rings (SSSR count). The molecule has 2 heterocycles. The number of para-hydroxylation sites is 1. The van der Waals surface area contributed by atoms with Gasteiger partial charge in [0.1, 0.15) is 0 Å². The average molecular weight is 631 g/mol. The number of halogens is 1. The van der Waals surface area contributed by atoms with Crippen molar-refractivity contribution in [3.05, 3.63) is 112 Å². The molecule has 1 aromatic heterocycles. The van der Waals surface area contributed by atoms with Gasteiger partial charge >= 0.3 is 0 Å². The molecule has 1 aliphatic heterocycles. The van der Waals surface area contributed by atoms with Crippen molar-refractivity contribution in [2.24, 2.45) is 5.92 Å². The van der Waals surface area contributed by atoms with E-state index in [-0.39, 0.29) is 19.1 Å². The summed E-state index contributed by atoms with van der Waals surface area (Å²) in [5, 5.41) is 29.1. The van der Waals surface area contributed by atoms with Crippen LogP contribution in [-0.4, -0.2) is 44.1 Å². The van der Waals surface area contributed by atoms with Crippen LogP contribution in [0.15, 0.2) is 95.6 Å². The molecule has 3 aromatic carbocycles. The van der Waals surface area contributed by atoms with Crippen molar-refractivity contribution in [2.45, 2.75) is 38.5 Å². The summed E-state index contributed by atoms with van der Waals surface area (Å²) in [6.45, 7) is 2.71. The number of rotatable bonds is 12. The second-order valence-electron chi connectivity index (χ2n) is 10.2. The highest BCUT2D eigenvalue weighted by Crippen LogP contribution is 2.46. The maximum Gasteiger partial charge on any atom is 0.264 e. The number of nitrogens with zero attached hydrogens (tertiary/aromatic N) is 5. The number of aliphatic hydroxyl groups excluding tert-OH is 1.